The van der Waals surface area contributed by atoms with Crippen molar-refractivity contribution in [3.63, 3.8) is 0 Å². The largest absolute Gasteiger partial charge is 0.478 e. The summed E-state index contributed by atoms with van der Waals surface area (Å²) in [6.07, 6.45) is 4.19. The summed E-state index contributed by atoms with van der Waals surface area (Å²) in [5.41, 5.74) is 0.000255. The van der Waals surface area contributed by atoms with Gasteiger partial charge in [-0.2, -0.15) is 0 Å². The molecule has 4 rings (SSSR count). The summed E-state index contributed by atoms with van der Waals surface area (Å²) in [5.74, 6) is -0.343. The van der Waals surface area contributed by atoms with Gasteiger partial charge in [0.25, 0.3) is 15.7 Å². The molecule has 0 spiro atoms. The van der Waals surface area contributed by atoms with Crippen molar-refractivity contribution >= 4 is 32.8 Å². The highest BCUT2D eigenvalue weighted by Gasteiger charge is 2.30. The van der Waals surface area contributed by atoms with Crippen LogP contribution >= 0.6 is 0 Å². The van der Waals surface area contributed by atoms with E-state index in [-0.39, 0.29) is 27.2 Å². The maximum absolute atomic E-state index is 13.3. The molecule has 11 heteroatoms. The highest BCUT2D eigenvalue weighted by atomic mass is 32.2. The molecule has 0 atom stereocenters. The van der Waals surface area contributed by atoms with Crippen LogP contribution in [0.2, 0.25) is 0 Å². The number of pyridine rings is 2. The van der Waals surface area contributed by atoms with Gasteiger partial charge in [0.1, 0.15) is 17.1 Å². The Hall–Kier alpha value is -3.99. The van der Waals surface area contributed by atoms with Crippen molar-refractivity contribution in [2.45, 2.75) is 11.8 Å². The number of anilines is 1. The predicted octanol–water partition coefficient (Wildman–Crippen LogP) is 3.24. The molecule has 10 nitrogen and oxygen atoms in total. The number of benzene rings is 1. The van der Waals surface area contributed by atoms with E-state index < -0.39 is 16.0 Å². The number of ether oxygens (including phenoxy) is 1. The number of hydrogen-bond donors (Lipinski definition) is 1. The van der Waals surface area contributed by atoms with Gasteiger partial charge in [0.2, 0.25) is 0 Å². The lowest BCUT2D eigenvalue weighted by atomic mass is 10.1. The lowest BCUT2D eigenvalue weighted by molar-refractivity contribution is 0.0697. The number of carboxylic acids is 1. The third-order valence-electron chi connectivity index (χ3n) is 4.56. The molecule has 0 saturated carbocycles. The van der Waals surface area contributed by atoms with Crippen LogP contribution in [0.3, 0.4) is 0 Å². The molecule has 0 aliphatic heterocycles. The maximum Gasteiger partial charge on any atom is 0.339 e. The van der Waals surface area contributed by atoms with Gasteiger partial charge in [-0.15, -0.1) is 0 Å². The Kier molecular flexibility index (Phi) is 5.03. The molecule has 0 saturated heterocycles. The lowest BCUT2D eigenvalue weighted by Gasteiger charge is -2.22. The predicted molar refractivity (Wildman–Crippen MR) is 110 cm³/mol. The third-order valence-corrected chi connectivity index (χ3v) is 6.33. The summed E-state index contributed by atoms with van der Waals surface area (Å²) in [5, 5.41) is 13.6. The number of carbonyl (C=O) groups is 1. The first-order valence-corrected chi connectivity index (χ1v) is 10.4. The zero-order valence-corrected chi connectivity index (χ0v) is 17.2. The minimum Gasteiger partial charge on any atom is -0.478 e. The fourth-order valence-corrected chi connectivity index (χ4v) is 4.25. The average molecular weight is 440 g/mol. The van der Waals surface area contributed by atoms with Crippen LogP contribution < -0.4 is 9.04 Å². The fraction of sp³-hybridized carbons (Fsp3) is 0.100. The van der Waals surface area contributed by atoms with E-state index in [4.69, 9.17) is 9.26 Å². The van der Waals surface area contributed by atoms with Crippen molar-refractivity contribution in [2.24, 2.45) is 0 Å². The van der Waals surface area contributed by atoms with E-state index >= 15 is 0 Å². The zero-order valence-electron chi connectivity index (χ0n) is 16.4. The second-order valence-electron chi connectivity index (χ2n) is 6.50. The summed E-state index contributed by atoms with van der Waals surface area (Å²) in [6, 6.07) is 9.10. The molecule has 0 bridgehead atoms. The molecule has 158 valence electrons. The van der Waals surface area contributed by atoms with E-state index in [0.717, 1.165) is 10.5 Å². The van der Waals surface area contributed by atoms with Crippen molar-refractivity contribution in [2.75, 3.05) is 11.4 Å². The minimum absolute atomic E-state index is 0.0423. The average Bonchev–Trinajstić information content (AvgIpc) is 3.14. The van der Waals surface area contributed by atoms with Gasteiger partial charge >= 0.3 is 5.97 Å². The quantitative estimate of drug-likeness (QED) is 0.479. The topological polar surface area (TPSA) is 136 Å². The van der Waals surface area contributed by atoms with Gasteiger partial charge in [0.15, 0.2) is 0 Å². The summed E-state index contributed by atoms with van der Waals surface area (Å²) in [7, 11) is -2.85. The molecule has 0 amide bonds. The van der Waals surface area contributed by atoms with Gasteiger partial charge in [0, 0.05) is 25.6 Å². The standard InChI is InChI=1S/C20H16N4O6S/c1-12-17-18(16(20(25)26)11-22-19(17)30-23-12)24(2)31(27,28)15-5-3-13(4-6-15)29-14-7-9-21-10-8-14/h3-11H,1-2H3,(H,25,26). The van der Waals surface area contributed by atoms with Crippen molar-refractivity contribution in [1.29, 1.82) is 0 Å². The van der Waals surface area contributed by atoms with Crippen molar-refractivity contribution in [3.05, 3.63) is 66.2 Å². The van der Waals surface area contributed by atoms with Crippen LogP contribution in [0.25, 0.3) is 11.1 Å². The lowest BCUT2D eigenvalue weighted by Crippen LogP contribution is -2.28. The van der Waals surface area contributed by atoms with Crippen LogP contribution in [0.1, 0.15) is 16.1 Å². The maximum atomic E-state index is 13.3. The molecule has 31 heavy (non-hydrogen) atoms. The smallest absolute Gasteiger partial charge is 0.339 e. The summed E-state index contributed by atoms with van der Waals surface area (Å²) < 4.78 is 38.1. The fourth-order valence-electron chi connectivity index (χ4n) is 3.02. The molecule has 0 radical (unpaired) electrons. The summed E-state index contributed by atoms with van der Waals surface area (Å²) in [6.45, 7) is 1.58. The third kappa shape index (κ3) is 3.66. The molecule has 4 aromatic rings. The number of hydrogen-bond acceptors (Lipinski definition) is 8. The zero-order chi connectivity index (χ0) is 22.2. The number of aromatic carboxylic acids is 1. The first-order valence-electron chi connectivity index (χ1n) is 8.94. The molecule has 3 heterocycles. The van der Waals surface area contributed by atoms with E-state index in [1.807, 2.05) is 0 Å². The SMILES string of the molecule is Cc1noc2ncc(C(=O)O)c(N(C)S(=O)(=O)c3ccc(Oc4ccncc4)cc3)c12. The number of carboxylic acid groups (broad SMARTS) is 1. The van der Waals surface area contributed by atoms with E-state index in [1.54, 1.807) is 31.5 Å². The number of sulfonamides is 1. The monoisotopic (exact) mass is 440 g/mol. The van der Waals surface area contributed by atoms with Crippen LogP contribution in [0.4, 0.5) is 5.69 Å². The number of rotatable bonds is 6. The Morgan fingerprint density at radius 3 is 2.39 bits per heavy atom. The first kappa shape index (κ1) is 20.3. The molecule has 0 aliphatic carbocycles. The Bertz CT molecular complexity index is 1370. The van der Waals surface area contributed by atoms with Crippen LogP contribution in [-0.4, -0.2) is 41.7 Å². The Morgan fingerprint density at radius 2 is 1.74 bits per heavy atom. The van der Waals surface area contributed by atoms with Gasteiger partial charge in [-0.1, -0.05) is 5.16 Å². The molecule has 0 aliphatic rings. The second kappa shape index (κ2) is 7.69. The molecule has 0 fully saturated rings. The van der Waals surface area contributed by atoms with E-state index in [0.29, 0.717) is 17.2 Å². The first-order chi connectivity index (χ1) is 14.8. The summed E-state index contributed by atoms with van der Waals surface area (Å²) in [4.78, 5) is 19.5. The highest BCUT2D eigenvalue weighted by molar-refractivity contribution is 7.92. The minimum atomic E-state index is -4.12. The molecule has 1 aromatic carbocycles. The van der Waals surface area contributed by atoms with E-state index in [1.165, 1.54) is 31.3 Å². The van der Waals surface area contributed by atoms with Gasteiger partial charge < -0.3 is 14.4 Å². The van der Waals surface area contributed by atoms with Gasteiger partial charge in [-0.25, -0.2) is 18.2 Å². The summed E-state index contributed by atoms with van der Waals surface area (Å²) >= 11 is 0. The van der Waals surface area contributed by atoms with Crippen LogP contribution in [0.15, 0.2) is 64.4 Å². The van der Waals surface area contributed by atoms with Gasteiger partial charge in [0.05, 0.1) is 21.7 Å². The number of aromatic nitrogens is 3. The normalized spacial score (nSPS) is 11.4. The van der Waals surface area contributed by atoms with Crippen LogP contribution in [-0.2, 0) is 10.0 Å². The number of fused-ring (bicyclic) bond motifs is 1. The van der Waals surface area contributed by atoms with E-state index in [9.17, 15) is 18.3 Å². The molecular formula is C20H16N4O6S. The van der Waals surface area contributed by atoms with Gasteiger partial charge in [-0.05, 0) is 43.3 Å². The Morgan fingerprint density at radius 1 is 1.10 bits per heavy atom. The highest BCUT2D eigenvalue weighted by Crippen LogP contribution is 2.35. The second-order valence-corrected chi connectivity index (χ2v) is 8.47. The Labute approximate surface area is 176 Å². The number of nitrogens with zero attached hydrogens (tertiary/aromatic N) is 4. The molecule has 1 N–H and O–H groups in total. The van der Waals surface area contributed by atoms with Crippen LogP contribution in [0.5, 0.6) is 11.5 Å². The van der Waals surface area contributed by atoms with Crippen molar-refractivity contribution in [3.8, 4) is 11.5 Å². The molecular weight excluding hydrogens is 424 g/mol. The van der Waals surface area contributed by atoms with Crippen LogP contribution in [0, 0.1) is 6.92 Å². The van der Waals surface area contributed by atoms with Crippen molar-refractivity contribution < 1.29 is 27.6 Å². The number of aryl methyl sites for hydroxylation is 1. The van der Waals surface area contributed by atoms with Gasteiger partial charge in [-0.3, -0.25) is 9.29 Å². The molecule has 3 aromatic heterocycles. The molecule has 0 unspecified atom stereocenters. The van der Waals surface area contributed by atoms with E-state index in [2.05, 4.69) is 15.1 Å². The Balaban J connectivity index is 1.73. The van der Waals surface area contributed by atoms with Crippen molar-refractivity contribution in [1.82, 2.24) is 15.1 Å².